The maximum atomic E-state index is 4.50. The second-order valence-corrected chi connectivity index (χ2v) is 6.33. The molecule has 1 aromatic rings. The Labute approximate surface area is 108 Å². The van der Waals surface area contributed by atoms with Gasteiger partial charge in [-0.25, -0.2) is 0 Å². The van der Waals surface area contributed by atoms with Gasteiger partial charge in [-0.3, -0.25) is 4.68 Å². The Balaban J connectivity index is 2.84. The summed E-state index contributed by atoms with van der Waals surface area (Å²) in [6.45, 7) is 12.0. The second-order valence-electron chi connectivity index (χ2n) is 4.88. The first-order valence-electron chi connectivity index (χ1n) is 6.13. The lowest BCUT2D eigenvalue weighted by atomic mass is 9.89. The maximum absolute atomic E-state index is 4.50. The number of rotatable bonds is 5. The molecule has 3 heteroatoms. The van der Waals surface area contributed by atoms with E-state index in [9.17, 15) is 0 Å². The Morgan fingerprint density at radius 3 is 2.44 bits per heavy atom. The number of nitrogens with zero attached hydrogens (tertiary/aromatic N) is 2. The molecule has 2 unspecified atom stereocenters. The van der Waals surface area contributed by atoms with Gasteiger partial charge in [-0.1, -0.05) is 36.7 Å². The first kappa shape index (κ1) is 13.8. The minimum absolute atomic E-state index is 0.549. The van der Waals surface area contributed by atoms with E-state index < -0.39 is 0 Å². The highest BCUT2D eigenvalue weighted by Crippen LogP contribution is 2.25. The van der Waals surface area contributed by atoms with E-state index in [2.05, 4.69) is 66.4 Å². The van der Waals surface area contributed by atoms with Crippen LogP contribution in [0.15, 0.2) is 6.07 Å². The average Bonchev–Trinajstić information content (AvgIpc) is 2.54. The number of aromatic nitrogens is 2. The second kappa shape index (κ2) is 5.85. The molecule has 1 heterocycles. The van der Waals surface area contributed by atoms with Crippen LogP contribution in [0.2, 0.25) is 0 Å². The van der Waals surface area contributed by atoms with Gasteiger partial charge in [-0.15, -0.1) is 0 Å². The molecule has 0 radical (unpaired) electrons. The molecule has 0 aliphatic carbocycles. The highest BCUT2D eigenvalue weighted by atomic mass is 79.9. The van der Waals surface area contributed by atoms with E-state index >= 15 is 0 Å². The molecule has 0 aliphatic rings. The molecular weight excluding hydrogens is 264 g/mol. The van der Waals surface area contributed by atoms with Gasteiger partial charge in [0.2, 0.25) is 0 Å². The molecule has 0 saturated carbocycles. The van der Waals surface area contributed by atoms with Crippen LogP contribution in [-0.2, 0) is 13.0 Å². The van der Waals surface area contributed by atoms with Crippen molar-refractivity contribution >= 4 is 15.9 Å². The summed E-state index contributed by atoms with van der Waals surface area (Å²) < 4.78 is 2.13. The van der Waals surface area contributed by atoms with Gasteiger partial charge in [0.05, 0.1) is 5.69 Å². The lowest BCUT2D eigenvalue weighted by Gasteiger charge is -2.23. The number of hydrogen-bond donors (Lipinski definition) is 0. The van der Waals surface area contributed by atoms with Gasteiger partial charge in [-0.2, -0.15) is 5.10 Å². The Hall–Kier alpha value is -0.310. The van der Waals surface area contributed by atoms with Crippen LogP contribution >= 0.6 is 15.9 Å². The molecule has 0 amide bonds. The Kier molecular flexibility index (Phi) is 5.03. The molecule has 1 rings (SSSR count). The van der Waals surface area contributed by atoms with E-state index in [0.717, 1.165) is 18.7 Å². The van der Waals surface area contributed by atoms with Crippen molar-refractivity contribution in [1.82, 2.24) is 9.78 Å². The van der Waals surface area contributed by atoms with E-state index in [4.69, 9.17) is 0 Å². The Morgan fingerprint density at radius 1 is 1.38 bits per heavy atom. The predicted octanol–water partition coefficient (Wildman–Crippen LogP) is 3.81. The molecule has 0 aromatic carbocycles. The monoisotopic (exact) mass is 286 g/mol. The molecule has 0 bridgehead atoms. The van der Waals surface area contributed by atoms with Crippen molar-refractivity contribution in [2.45, 2.75) is 52.4 Å². The smallest absolute Gasteiger partial charge is 0.0596 e. The largest absolute Gasteiger partial charge is 0.270 e. The van der Waals surface area contributed by atoms with E-state index in [-0.39, 0.29) is 0 Å². The Morgan fingerprint density at radius 2 is 2.00 bits per heavy atom. The van der Waals surface area contributed by atoms with E-state index in [0.29, 0.717) is 16.7 Å². The maximum Gasteiger partial charge on any atom is 0.0596 e. The standard InChI is InChI=1S/C13H23BrN2/c1-6-16-12(7-10(4)15-16)8-13(9(2)3)11(5)14/h7,9,11,13H,6,8H2,1-5H3. The van der Waals surface area contributed by atoms with Crippen molar-refractivity contribution in [2.24, 2.45) is 11.8 Å². The van der Waals surface area contributed by atoms with Gasteiger partial charge in [0.25, 0.3) is 0 Å². The fourth-order valence-corrected chi connectivity index (χ4v) is 3.00. The van der Waals surface area contributed by atoms with Crippen LogP contribution in [0.3, 0.4) is 0 Å². The van der Waals surface area contributed by atoms with E-state index in [1.807, 2.05) is 0 Å². The van der Waals surface area contributed by atoms with Crippen molar-refractivity contribution in [3.05, 3.63) is 17.5 Å². The lowest BCUT2D eigenvalue weighted by molar-refractivity contribution is 0.373. The van der Waals surface area contributed by atoms with E-state index in [1.165, 1.54) is 5.69 Å². The molecule has 0 fully saturated rings. The first-order chi connectivity index (χ1) is 7.45. The van der Waals surface area contributed by atoms with Gasteiger partial charge in [0.1, 0.15) is 0 Å². The zero-order chi connectivity index (χ0) is 12.3. The summed E-state index contributed by atoms with van der Waals surface area (Å²) in [6.07, 6.45) is 1.11. The van der Waals surface area contributed by atoms with Crippen LogP contribution in [0.25, 0.3) is 0 Å². The third kappa shape index (κ3) is 3.34. The lowest BCUT2D eigenvalue weighted by Crippen LogP contribution is -2.22. The van der Waals surface area contributed by atoms with Crippen molar-refractivity contribution in [3.8, 4) is 0 Å². The molecule has 92 valence electrons. The van der Waals surface area contributed by atoms with E-state index in [1.54, 1.807) is 0 Å². The van der Waals surface area contributed by atoms with Crippen molar-refractivity contribution in [1.29, 1.82) is 0 Å². The van der Waals surface area contributed by atoms with Crippen LogP contribution in [-0.4, -0.2) is 14.6 Å². The Bertz CT molecular complexity index is 321. The first-order valence-corrected chi connectivity index (χ1v) is 7.04. The summed E-state index contributed by atoms with van der Waals surface area (Å²) in [7, 11) is 0. The van der Waals surface area contributed by atoms with Crippen LogP contribution in [0.1, 0.15) is 39.1 Å². The van der Waals surface area contributed by atoms with Crippen molar-refractivity contribution in [2.75, 3.05) is 0 Å². The summed E-state index contributed by atoms with van der Waals surface area (Å²) in [5.41, 5.74) is 2.49. The molecule has 1 aromatic heterocycles. The zero-order valence-electron chi connectivity index (χ0n) is 11.0. The minimum atomic E-state index is 0.549. The zero-order valence-corrected chi connectivity index (χ0v) is 12.6. The predicted molar refractivity (Wildman–Crippen MR) is 73.1 cm³/mol. The van der Waals surface area contributed by atoms with Gasteiger partial charge >= 0.3 is 0 Å². The molecule has 0 N–H and O–H groups in total. The van der Waals surface area contributed by atoms with Gasteiger partial charge < -0.3 is 0 Å². The highest BCUT2D eigenvalue weighted by Gasteiger charge is 2.21. The van der Waals surface area contributed by atoms with Crippen LogP contribution in [0.5, 0.6) is 0 Å². The van der Waals surface area contributed by atoms with Gasteiger partial charge in [0, 0.05) is 17.1 Å². The summed E-state index contributed by atoms with van der Waals surface area (Å²) in [5.74, 6) is 1.36. The molecule has 0 spiro atoms. The normalized spacial score (nSPS) is 15.4. The third-order valence-corrected chi connectivity index (χ3v) is 3.86. The molecular formula is C13H23BrN2. The molecule has 16 heavy (non-hydrogen) atoms. The summed E-state index contributed by atoms with van der Waals surface area (Å²) >= 11 is 3.72. The van der Waals surface area contributed by atoms with Crippen molar-refractivity contribution in [3.63, 3.8) is 0 Å². The number of hydrogen-bond acceptors (Lipinski definition) is 1. The number of halogens is 1. The summed E-state index contributed by atoms with van der Waals surface area (Å²) in [5, 5.41) is 4.50. The minimum Gasteiger partial charge on any atom is -0.270 e. The average molecular weight is 287 g/mol. The number of alkyl halides is 1. The van der Waals surface area contributed by atoms with Crippen molar-refractivity contribution < 1.29 is 0 Å². The molecule has 0 saturated heterocycles. The SMILES string of the molecule is CCn1nc(C)cc1CC(C(C)C)C(C)Br. The van der Waals surface area contributed by atoms with Gasteiger partial charge in [-0.05, 0) is 38.2 Å². The van der Waals surface area contributed by atoms with Crippen LogP contribution in [0.4, 0.5) is 0 Å². The van der Waals surface area contributed by atoms with Crippen LogP contribution < -0.4 is 0 Å². The third-order valence-electron chi connectivity index (χ3n) is 3.18. The molecule has 2 atom stereocenters. The summed E-state index contributed by atoms with van der Waals surface area (Å²) in [4.78, 5) is 0.549. The molecule has 0 aliphatic heterocycles. The number of aryl methyl sites for hydroxylation is 2. The van der Waals surface area contributed by atoms with Gasteiger partial charge in [0.15, 0.2) is 0 Å². The van der Waals surface area contributed by atoms with Crippen LogP contribution in [0, 0.1) is 18.8 Å². The quantitative estimate of drug-likeness (QED) is 0.753. The fourth-order valence-electron chi connectivity index (χ4n) is 2.21. The molecule has 2 nitrogen and oxygen atoms in total. The highest BCUT2D eigenvalue weighted by molar-refractivity contribution is 9.09. The topological polar surface area (TPSA) is 17.8 Å². The summed E-state index contributed by atoms with van der Waals surface area (Å²) in [6, 6.07) is 2.22. The fraction of sp³-hybridized carbons (Fsp3) is 0.769.